The predicted octanol–water partition coefficient (Wildman–Crippen LogP) is 4.47. The molecule has 0 saturated heterocycles. The van der Waals surface area contributed by atoms with E-state index in [0.29, 0.717) is 21.7 Å². The Morgan fingerprint density at radius 3 is 2.65 bits per heavy atom. The molecule has 3 aromatic rings. The van der Waals surface area contributed by atoms with Crippen molar-refractivity contribution in [1.29, 1.82) is 0 Å². The summed E-state index contributed by atoms with van der Waals surface area (Å²) in [6, 6.07) is 6.80. The first-order chi connectivity index (χ1) is 14.5. The summed E-state index contributed by atoms with van der Waals surface area (Å²) in [6.07, 6.45) is -4.60. The molecule has 2 aromatic heterocycles. The minimum Gasteiger partial charge on any atom is -0.374 e. The summed E-state index contributed by atoms with van der Waals surface area (Å²) in [7, 11) is 1.51. The summed E-state index contributed by atoms with van der Waals surface area (Å²) in [5.41, 5.74) is -0.572. The number of nitrogens with one attached hydrogen (secondary N) is 2. The fraction of sp³-hybridized carbons (Fsp3) is 0.211. The molecule has 2 heterocycles. The van der Waals surface area contributed by atoms with E-state index < -0.39 is 29.7 Å². The van der Waals surface area contributed by atoms with Crippen LogP contribution in [0.5, 0.6) is 0 Å². The van der Waals surface area contributed by atoms with E-state index in [4.69, 9.17) is 11.6 Å². The molecule has 31 heavy (non-hydrogen) atoms. The largest absolute Gasteiger partial charge is 0.435 e. The Morgan fingerprint density at radius 2 is 2.03 bits per heavy atom. The van der Waals surface area contributed by atoms with Gasteiger partial charge in [-0.25, -0.2) is 9.67 Å². The Bertz CT molecular complexity index is 1140. The highest BCUT2D eigenvalue weighted by Crippen LogP contribution is 2.33. The fourth-order valence-electron chi connectivity index (χ4n) is 2.86. The second-order valence-corrected chi connectivity index (χ2v) is 7.79. The standard InChI is InChI=1S/C19H16BrClF3N5O2/c1-9-6-10(20)7-11(17(30)25-2)15(9)27-18(31)13-8-14(19(22,23)24)28-29(13)16-12(21)4-3-5-26-16/h3-8,17,25,30H,1-2H3,(H,27,31). The van der Waals surface area contributed by atoms with Gasteiger partial charge < -0.3 is 10.4 Å². The Morgan fingerprint density at radius 1 is 1.32 bits per heavy atom. The van der Waals surface area contributed by atoms with Gasteiger partial charge in [0.25, 0.3) is 5.91 Å². The number of carbonyl (C=O) groups is 1. The summed E-state index contributed by atoms with van der Waals surface area (Å²) >= 11 is 9.38. The lowest BCUT2D eigenvalue weighted by atomic mass is 10.1. The van der Waals surface area contributed by atoms with Crippen molar-refractivity contribution in [1.82, 2.24) is 20.1 Å². The Hall–Kier alpha value is -2.47. The molecular weight excluding hydrogens is 503 g/mol. The van der Waals surface area contributed by atoms with Gasteiger partial charge >= 0.3 is 6.18 Å². The number of alkyl halides is 3. The number of benzene rings is 1. The van der Waals surface area contributed by atoms with Crippen LogP contribution in [0.2, 0.25) is 5.02 Å². The highest BCUT2D eigenvalue weighted by Gasteiger charge is 2.36. The zero-order valence-electron chi connectivity index (χ0n) is 16.1. The van der Waals surface area contributed by atoms with Crippen molar-refractivity contribution in [2.24, 2.45) is 0 Å². The zero-order chi connectivity index (χ0) is 22.9. The first-order valence-corrected chi connectivity index (χ1v) is 9.95. The number of hydrogen-bond donors (Lipinski definition) is 3. The maximum Gasteiger partial charge on any atom is 0.435 e. The van der Waals surface area contributed by atoms with Crippen molar-refractivity contribution < 1.29 is 23.1 Å². The second-order valence-electron chi connectivity index (χ2n) is 6.47. The minimum atomic E-state index is -4.79. The number of aromatic nitrogens is 3. The molecule has 7 nitrogen and oxygen atoms in total. The molecule has 1 aromatic carbocycles. The summed E-state index contributed by atoms with van der Waals surface area (Å²) in [5, 5.41) is 19.0. The number of nitrogens with zero attached hydrogens (tertiary/aromatic N) is 3. The van der Waals surface area contributed by atoms with Crippen LogP contribution < -0.4 is 10.6 Å². The van der Waals surface area contributed by atoms with Crippen LogP contribution >= 0.6 is 27.5 Å². The van der Waals surface area contributed by atoms with E-state index in [1.54, 1.807) is 19.1 Å². The van der Waals surface area contributed by atoms with E-state index in [1.165, 1.54) is 25.4 Å². The predicted molar refractivity (Wildman–Crippen MR) is 112 cm³/mol. The third kappa shape index (κ3) is 4.90. The smallest absolute Gasteiger partial charge is 0.374 e. The normalized spacial score (nSPS) is 12.6. The van der Waals surface area contributed by atoms with Gasteiger partial charge in [0.15, 0.2) is 11.5 Å². The van der Waals surface area contributed by atoms with E-state index in [1.807, 2.05) is 0 Å². The molecule has 0 spiro atoms. The molecule has 0 aliphatic heterocycles. The number of aliphatic hydroxyl groups excluding tert-OH is 1. The molecule has 1 amide bonds. The Kier molecular flexibility index (Phi) is 6.70. The zero-order valence-corrected chi connectivity index (χ0v) is 18.5. The molecule has 0 fully saturated rings. The van der Waals surface area contributed by atoms with E-state index in [2.05, 4.69) is 36.6 Å². The molecule has 0 radical (unpaired) electrons. The SMILES string of the molecule is CNC(O)c1cc(Br)cc(C)c1NC(=O)c1cc(C(F)(F)F)nn1-c1ncccc1Cl. The van der Waals surface area contributed by atoms with Crippen molar-refractivity contribution in [3.05, 3.63) is 68.5 Å². The van der Waals surface area contributed by atoms with E-state index in [0.717, 1.165) is 4.68 Å². The topological polar surface area (TPSA) is 92.1 Å². The molecule has 164 valence electrons. The van der Waals surface area contributed by atoms with Gasteiger partial charge in [-0.2, -0.15) is 18.3 Å². The molecular formula is C19H16BrClF3N5O2. The van der Waals surface area contributed by atoms with Crippen molar-refractivity contribution in [2.45, 2.75) is 19.3 Å². The summed E-state index contributed by atoms with van der Waals surface area (Å²) < 4.78 is 41.3. The van der Waals surface area contributed by atoms with Crippen LogP contribution in [-0.2, 0) is 6.18 Å². The first kappa shape index (κ1) is 23.2. The van der Waals surface area contributed by atoms with Crippen LogP contribution in [0, 0.1) is 6.92 Å². The van der Waals surface area contributed by atoms with Crippen LogP contribution in [0.4, 0.5) is 18.9 Å². The lowest BCUT2D eigenvalue weighted by molar-refractivity contribution is -0.141. The monoisotopic (exact) mass is 517 g/mol. The lowest BCUT2D eigenvalue weighted by Gasteiger charge is -2.19. The van der Waals surface area contributed by atoms with Gasteiger partial charge in [-0.05, 0) is 43.8 Å². The summed E-state index contributed by atoms with van der Waals surface area (Å²) in [5.74, 6) is -1.02. The molecule has 0 aliphatic rings. The summed E-state index contributed by atoms with van der Waals surface area (Å²) in [6.45, 7) is 1.68. The Labute approximate surface area is 188 Å². The van der Waals surface area contributed by atoms with E-state index >= 15 is 0 Å². The quantitative estimate of drug-likeness (QED) is 0.434. The number of amides is 1. The highest BCUT2D eigenvalue weighted by molar-refractivity contribution is 9.10. The minimum absolute atomic E-state index is 0.0134. The molecule has 3 N–H and O–H groups in total. The number of carbonyl (C=O) groups excluding carboxylic acids is 1. The van der Waals surface area contributed by atoms with Gasteiger partial charge in [0.2, 0.25) is 0 Å². The van der Waals surface area contributed by atoms with Crippen molar-refractivity contribution in [3.8, 4) is 5.82 Å². The maximum absolute atomic E-state index is 13.3. The van der Waals surface area contributed by atoms with Crippen LogP contribution in [0.15, 0.2) is 41.0 Å². The number of aliphatic hydroxyl groups is 1. The molecule has 1 unspecified atom stereocenters. The molecule has 12 heteroatoms. The molecule has 0 aliphatic carbocycles. The maximum atomic E-state index is 13.3. The molecule has 3 rings (SSSR count). The molecule has 1 atom stereocenters. The van der Waals surface area contributed by atoms with E-state index in [-0.39, 0.29) is 16.5 Å². The highest BCUT2D eigenvalue weighted by atomic mass is 79.9. The van der Waals surface area contributed by atoms with Gasteiger partial charge in [0.05, 0.1) is 10.7 Å². The molecule has 0 bridgehead atoms. The number of halogens is 5. The van der Waals surface area contributed by atoms with Crippen molar-refractivity contribution in [3.63, 3.8) is 0 Å². The van der Waals surface area contributed by atoms with Crippen LogP contribution in [0.1, 0.15) is 33.5 Å². The first-order valence-electron chi connectivity index (χ1n) is 8.77. The molecule has 0 saturated carbocycles. The van der Waals surface area contributed by atoms with Crippen LogP contribution in [0.25, 0.3) is 5.82 Å². The number of anilines is 1. The second kappa shape index (κ2) is 8.95. The lowest BCUT2D eigenvalue weighted by Crippen LogP contribution is -2.22. The van der Waals surface area contributed by atoms with E-state index in [9.17, 15) is 23.1 Å². The third-order valence-electron chi connectivity index (χ3n) is 4.31. The Balaban J connectivity index is 2.11. The van der Waals surface area contributed by atoms with Crippen LogP contribution in [0.3, 0.4) is 0 Å². The third-order valence-corrected chi connectivity index (χ3v) is 5.06. The van der Waals surface area contributed by atoms with Gasteiger partial charge in [-0.3, -0.25) is 10.1 Å². The number of aryl methyl sites for hydroxylation is 1. The van der Waals surface area contributed by atoms with Crippen molar-refractivity contribution >= 4 is 39.1 Å². The van der Waals surface area contributed by atoms with Gasteiger partial charge in [-0.15, -0.1) is 0 Å². The average molecular weight is 519 g/mol. The van der Waals surface area contributed by atoms with Gasteiger partial charge in [0.1, 0.15) is 11.9 Å². The number of pyridine rings is 1. The number of hydrogen-bond acceptors (Lipinski definition) is 5. The van der Waals surface area contributed by atoms with Crippen LogP contribution in [-0.4, -0.2) is 32.8 Å². The summed E-state index contributed by atoms with van der Waals surface area (Å²) in [4.78, 5) is 17.0. The number of rotatable bonds is 5. The van der Waals surface area contributed by atoms with Crippen molar-refractivity contribution in [2.75, 3.05) is 12.4 Å². The van der Waals surface area contributed by atoms with Gasteiger partial charge in [0, 0.05) is 22.3 Å². The van der Waals surface area contributed by atoms with Gasteiger partial charge in [-0.1, -0.05) is 27.5 Å². The average Bonchev–Trinajstić information content (AvgIpc) is 3.15. The fourth-order valence-corrected chi connectivity index (χ4v) is 3.66.